The number of halogens is 2. The van der Waals surface area contributed by atoms with Crippen molar-refractivity contribution in [2.24, 2.45) is 5.92 Å². The highest BCUT2D eigenvalue weighted by Gasteiger charge is 2.31. The molecule has 0 radical (unpaired) electrons. The Morgan fingerprint density at radius 2 is 1.76 bits per heavy atom. The maximum absolute atomic E-state index is 13.8. The van der Waals surface area contributed by atoms with Crippen molar-refractivity contribution >= 4 is 61.4 Å². The number of aromatic nitrogens is 3. The number of hydrogen-bond acceptors (Lipinski definition) is 11. The molecule has 16 heteroatoms. The number of piperazine rings is 1. The van der Waals surface area contributed by atoms with Crippen LogP contribution in [-0.2, 0) is 19.5 Å². The van der Waals surface area contributed by atoms with Crippen molar-refractivity contribution in [3.05, 3.63) is 106 Å². The molecule has 0 bridgehead atoms. The zero-order valence-electron chi connectivity index (χ0n) is 32.9. The summed E-state index contributed by atoms with van der Waals surface area (Å²) in [5, 5.41) is 1.54. The van der Waals surface area contributed by atoms with Gasteiger partial charge in [0.25, 0.3) is 15.9 Å². The number of carbonyl (C=O) groups is 1. The lowest BCUT2D eigenvalue weighted by atomic mass is 9.87. The number of fused-ring (bicyclic) bond motifs is 1. The second-order valence-corrected chi connectivity index (χ2v) is 18.2. The molecule has 0 saturated carbocycles. The molecule has 310 valence electrons. The summed E-state index contributed by atoms with van der Waals surface area (Å²) in [7, 11) is -4.40. The van der Waals surface area contributed by atoms with E-state index >= 15 is 0 Å². The number of nitrogens with one attached hydrogen (secondary N) is 2. The molecule has 0 spiro atoms. The Morgan fingerprint density at radius 3 is 2.53 bits per heavy atom. The van der Waals surface area contributed by atoms with Crippen molar-refractivity contribution in [1.82, 2.24) is 24.6 Å². The molecule has 6 heterocycles. The number of anilines is 1. The molecule has 0 unspecified atom stereocenters. The van der Waals surface area contributed by atoms with Crippen LogP contribution < -0.4 is 19.1 Å². The van der Waals surface area contributed by atoms with Crippen molar-refractivity contribution in [2.75, 3.05) is 64.1 Å². The molecule has 3 aliphatic heterocycles. The highest BCUT2D eigenvalue weighted by Crippen LogP contribution is 2.37. The van der Waals surface area contributed by atoms with E-state index in [9.17, 15) is 13.2 Å². The zero-order chi connectivity index (χ0) is 41.1. The predicted molar refractivity (Wildman–Crippen MR) is 227 cm³/mol. The molecule has 3 aromatic heterocycles. The van der Waals surface area contributed by atoms with E-state index in [0.717, 1.165) is 56.2 Å². The monoisotopic (exact) mass is 860 g/mol. The maximum Gasteiger partial charge on any atom is 0.268 e. The Morgan fingerprint density at radius 1 is 0.983 bits per heavy atom. The number of benzene rings is 2. The van der Waals surface area contributed by atoms with E-state index in [1.807, 2.05) is 18.2 Å². The number of carbonyl (C=O) groups excluding carboxylic acids is 1. The van der Waals surface area contributed by atoms with E-state index in [0.29, 0.717) is 61.9 Å². The fraction of sp³-hybridized carbons (Fsp3) is 0.372. The third kappa shape index (κ3) is 9.86. The van der Waals surface area contributed by atoms with Crippen LogP contribution in [0.5, 0.6) is 17.4 Å². The Balaban J connectivity index is 0.986. The first-order chi connectivity index (χ1) is 28.4. The molecule has 0 atom stereocenters. The lowest BCUT2D eigenvalue weighted by Crippen LogP contribution is -2.47. The van der Waals surface area contributed by atoms with Crippen LogP contribution in [-0.4, -0.2) is 98.9 Å². The van der Waals surface area contributed by atoms with E-state index < -0.39 is 15.9 Å². The summed E-state index contributed by atoms with van der Waals surface area (Å²) >= 11 is 12.6. The van der Waals surface area contributed by atoms with Crippen LogP contribution in [0.3, 0.4) is 0 Å². The second kappa shape index (κ2) is 17.5. The van der Waals surface area contributed by atoms with Gasteiger partial charge in [0, 0.05) is 80.7 Å². The first-order valence-electron chi connectivity index (χ1n) is 19.7. The Labute approximate surface area is 353 Å². The van der Waals surface area contributed by atoms with Gasteiger partial charge in [0.1, 0.15) is 27.1 Å². The molecular formula is C43H46Cl2N6O7S. The average molecular weight is 862 g/mol. The molecule has 2 saturated heterocycles. The van der Waals surface area contributed by atoms with Gasteiger partial charge in [-0.25, -0.2) is 23.1 Å². The van der Waals surface area contributed by atoms with Gasteiger partial charge < -0.3 is 28.8 Å². The summed E-state index contributed by atoms with van der Waals surface area (Å²) < 4.78 is 53.0. The van der Waals surface area contributed by atoms with E-state index in [-0.39, 0.29) is 32.7 Å². The molecule has 2 fully saturated rings. The maximum atomic E-state index is 13.8. The Hall–Kier alpha value is -4.70. The van der Waals surface area contributed by atoms with Gasteiger partial charge in [-0.15, -0.1) is 0 Å². The molecular weight excluding hydrogens is 815 g/mol. The summed E-state index contributed by atoms with van der Waals surface area (Å²) in [5.41, 5.74) is 5.00. The largest absolute Gasteiger partial charge is 0.476 e. The lowest BCUT2D eigenvalue weighted by Gasteiger charge is -2.39. The summed E-state index contributed by atoms with van der Waals surface area (Å²) in [5.74, 6) is 0.0778. The predicted octanol–water partition coefficient (Wildman–Crippen LogP) is 7.76. The quantitative estimate of drug-likeness (QED) is 0.127. The van der Waals surface area contributed by atoms with Gasteiger partial charge >= 0.3 is 0 Å². The van der Waals surface area contributed by atoms with Crippen LogP contribution in [0.4, 0.5) is 5.69 Å². The van der Waals surface area contributed by atoms with Crippen LogP contribution in [0.25, 0.3) is 16.6 Å². The number of amides is 1. The van der Waals surface area contributed by atoms with E-state index in [4.69, 9.17) is 42.1 Å². The standard InChI is InChI=1S/C43H46Cl2N6O7S/c1-43(2)22-37(29-3-5-32(44)6-4-29)31(27-57-43)25-50-13-15-51(16-14-50)33-7-8-36(39(20-33)58-34-19-30-9-12-46-40(30)47-23-34)41(52)49-59(53,54)35-21-38(45)42(48-24-35)56-26-28-10-17-55-18-11-28/h3-9,12,19-21,23-24,28H,10-11,13-18,22,25-27H2,1-2H3,(H,46,47)(H,49,52). The lowest BCUT2D eigenvalue weighted by molar-refractivity contribution is -0.0101. The molecule has 0 aliphatic carbocycles. The van der Waals surface area contributed by atoms with Crippen LogP contribution in [0.2, 0.25) is 10.0 Å². The number of pyridine rings is 2. The van der Waals surface area contributed by atoms with Crippen LogP contribution in [0.1, 0.15) is 49.0 Å². The van der Waals surface area contributed by atoms with E-state index in [2.05, 4.69) is 55.5 Å². The first kappa shape index (κ1) is 41.1. The van der Waals surface area contributed by atoms with Gasteiger partial charge in [0.05, 0.1) is 36.8 Å². The minimum Gasteiger partial charge on any atom is -0.476 e. The third-order valence-electron chi connectivity index (χ3n) is 10.9. The fourth-order valence-corrected chi connectivity index (χ4v) is 8.94. The van der Waals surface area contributed by atoms with Gasteiger partial charge in [-0.1, -0.05) is 35.3 Å². The van der Waals surface area contributed by atoms with Gasteiger partial charge in [-0.2, -0.15) is 0 Å². The van der Waals surface area contributed by atoms with Gasteiger partial charge in [0.2, 0.25) is 5.88 Å². The molecule has 8 rings (SSSR count). The Bertz CT molecular complexity index is 2460. The summed E-state index contributed by atoms with van der Waals surface area (Å²) in [6.07, 6.45) is 6.97. The minimum absolute atomic E-state index is 0.0162. The number of sulfonamides is 1. The molecule has 13 nitrogen and oxygen atoms in total. The average Bonchev–Trinajstić information content (AvgIpc) is 3.70. The number of hydrogen-bond donors (Lipinski definition) is 2. The normalized spacial score (nSPS) is 17.9. The SMILES string of the molecule is CC1(C)CC(c2ccc(Cl)cc2)=C(CN2CCN(c3ccc(C(=O)NS(=O)(=O)c4cnc(OCC5CCOCC5)c(Cl)c4)c(Oc4cnc5[nH]ccc5c4)c3)CC2)CO1. The number of rotatable bonds is 12. The zero-order valence-corrected chi connectivity index (χ0v) is 35.2. The highest BCUT2D eigenvalue weighted by molar-refractivity contribution is 7.90. The van der Waals surface area contributed by atoms with Gasteiger partial charge in [-0.3, -0.25) is 9.69 Å². The Kier molecular flexibility index (Phi) is 12.2. The molecule has 59 heavy (non-hydrogen) atoms. The summed E-state index contributed by atoms with van der Waals surface area (Å²) in [6, 6.07) is 18.0. The highest BCUT2D eigenvalue weighted by atomic mass is 35.5. The van der Waals surface area contributed by atoms with Crippen molar-refractivity contribution in [3.63, 3.8) is 0 Å². The molecule has 5 aromatic rings. The summed E-state index contributed by atoms with van der Waals surface area (Å²) in [4.78, 5) is 29.8. The minimum atomic E-state index is -4.40. The van der Waals surface area contributed by atoms with Crippen molar-refractivity contribution in [3.8, 4) is 17.4 Å². The first-order valence-corrected chi connectivity index (χ1v) is 21.9. The number of ether oxygens (including phenoxy) is 4. The number of aromatic amines is 1. The van der Waals surface area contributed by atoms with Gasteiger partial charge in [0.15, 0.2) is 0 Å². The van der Waals surface area contributed by atoms with E-state index in [1.54, 1.807) is 36.7 Å². The van der Waals surface area contributed by atoms with Crippen molar-refractivity contribution in [2.45, 2.75) is 43.6 Å². The molecule has 2 N–H and O–H groups in total. The van der Waals surface area contributed by atoms with Crippen LogP contribution >= 0.6 is 23.2 Å². The van der Waals surface area contributed by atoms with Gasteiger partial charge in [-0.05, 0) is 91.8 Å². The van der Waals surface area contributed by atoms with Crippen molar-refractivity contribution in [1.29, 1.82) is 0 Å². The van der Waals surface area contributed by atoms with Crippen molar-refractivity contribution < 1.29 is 32.2 Å². The molecule has 2 aromatic carbocycles. The van der Waals surface area contributed by atoms with E-state index in [1.165, 1.54) is 22.8 Å². The third-order valence-corrected chi connectivity index (χ3v) is 12.8. The molecule has 1 amide bonds. The topological polar surface area (TPSA) is 148 Å². The summed E-state index contributed by atoms with van der Waals surface area (Å²) in [6.45, 7) is 10.3. The second-order valence-electron chi connectivity index (χ2n) is 15.7. The van der Waals surface area contributed by atoms with Crippen LogP contribution in [0.15, 0.2) is 89.7 Å². The number of nitrogens with zero attached hydrogens (tertiary/aromatic N) is 4. The number of H-pyrrole nitrogens is 1. The smallest absolute Gasteiger partial charge is 0.268 e. The fourth-order valence-electron chi connectivity index (χ4n) is 7.59. The van der Waals surface area contributed by atoms with Crippen LogP contribution in [0, 0.1) is 5.92 Å². The molecule has 3 aliphatic rings.